The van der Waals surface area contributed by atoms with Gasteiger partial charge in [-0.25, -0.2) is 13.6 Å². The Morgan fingerprint density at radius 1 is 1.15 bits per heavy atom. The van der Waals surface area contributed by atoms with Gasteiger partial charge in [0.15, 0.2) is 0 Å². The van der Waals surface area contributed by atoms with E-state index in [1.54, 1.807) is 0 Å². The molecule has 0 fully saturated rings. The van der Waals surface area contributed by atoms with Gasteiger partial charge in [-0.3, -0.25) is 0 Å². The third kappa shape index (κ3) is 3.12. The van der Waals surface area contributed by atoms with E-state index in [4.69, 9.17) is 10.9 Å². The molecule has 2 rings (SSSR count). The summed E-state index contributed by atoms with van der Waals surface area (Å²) in [6, 6.07) is 10.0. The van der Waals surface area contributed by atoms with E-state index in [9.17, 15) is 8.42 Å². The van der Waals surface area contributed by atoms with Crippen LogP contribution in [-0.4, -0.2) is 8.42 Å². The molecule has 2 aromatic rings. The molecule has 0 spiro atoms. The lowest BCUT2D eigenvalue weighted by atomic mass is 10.2. The molecule has 106 valence electrons. The molecule has 0 radical (unpaired) electrons. The summed E-state index contributed by atoms with van der Waals surface area (Å²) in [6.45, 7) is 1.96. The summed E-state index contributed by atoms with van der Waals surface area (Å²) in [4.78, 5) is 0.0120. The molecule has 0 aliphatic rings. The smallest absolute Gasteiger partial charge is 0.238 e. The molecule has 0 heterocycles. The van der Waals surface area contributed by atoms with Crippen LogP contribution < -0.4 is 16.2 Å². The number of sulfonamides is 1. The summed E-state index contributed by atoms with van der Waals surface area (Å²) < 4.78 is 23.6. The van der Waals surface area contributed by atoms with Crippen LogP contribution in [0, 0.1) is 6.92 Å². The molecule has 2 aromatic carbocycles. The Morgan fingerprint density at radius 3 is 2.50 bits per heavy atom. The van der Waals surface area contributed by atoms with Crippen LogP contribution >= 0.6 is 15.9 Å². The largest absolute Gasteiger partial charge is 0.397 e. The van der Waals surface area contributed by atoms with Crippen LogP contribution in [-0.2, 0) is 10.0 Å². The van der Waals surface area contributed by atoms with E-state index in [1.807, 2.05) is 25.1 Å². The Balaban J connectivity index is 2.46. The minimum atomic E-state index is -3.76. The molecule has 0 aliphatic heterocycles. The van der Waals surface area contributed by atoms with Crippen molar-refractivity contribution in [3.63, 3.8) is 0 Å². The van der Waals surface area contributed by atoms with Gasteiger partial charge in [-0.1, -0.05) is 12.1 Å². The summed E-state index contributed by atoms with van der Waals surface area (Å²) in [5, 5.41) is 8.22. The Hall–Kier alpha value is -1.57. The van der Waals surface area contributed by atoms with Gasteiger partial charge < -0.3 is 11.1 Å². The molecular formula is C13H14BrN3O2S. The minimum absolute atomic E-state index is 0.0120. The van der Waals surface area contributed by atoms with Crippen molar-refractivity contribution in [2.45, 2.75) is 11.8 Å². The maximum atomic E-state index is 11.4. The molecule has 7 heteroatoms. The van der Waals surface area contributed by atoms with E-state index in [1.165, 1.54) is 18.2 Å². The highest BCUT2D eigenvalue weighted by Gasteiger charge is 2.11. The highest BCUT2D eigenvalue weighted by Crippen LogP contribution is 2.31. The third-order valence-corrected chi connectivity index (χ3v) is 4.78. The van der Waals surface area contributed by atoms with E-state index < -0.39 is 10.0 Å². The molecule has 0 amide bonds. The first kappa shape index (κ1) is 14.8. The van der Waals surface area contributed by atoms with Gasteiger partial charge in [0.2, 0.25) is 10.0 Å². The zero-order valence-corrected chi connectivity index (χ0v) is 13.1. The van der Waals surface area contributed by atoms with Crippen LogP contribution in [0.5, 0.6) is 0 Å². The second-order valence-corrected chi connectivity index (χ2v) is 6.71. The van der Waals surface area contributed by atoms with Crippen molar-refractivity contribution in [3.05, 3.63) is 46.4 Å². The molecule has 0 aromatic heterocycles. The van der Waals surface area contributed by atoms with Gasteiger partial charge >= 0.3 is 0 Å². The number of anilines is 3. The summed E-state index contributed by atoms with van der Waals surface area (Å²) in [5.74, 6) is 0. The lowest BCUT2D eigenvalue weighted by molar-refractivity contribution is 0.598. The zero-order chi connectivity index (χ0) is 14.9. The molecule has 0 unspecified atom stereocenters. The number of primary sulfonamides is 1. The highest BCUT2D eigenvalue weighted by atomic mass is 79.9. The highest BCUT2D eigenvalue weighted by molar-refractivity contribution is 9.10. The number of rotatable bonds is 3. The Labute approximate surface area is 126 Å². The maximum Gasteiger partial charge on any atom is 0.238 e. The van der Waals surface area contributed by atoms with Crippen LogP contribution in [0.2, 0.25) is 0 Å². The average Bonchev–Trinajstić information content (AvgIpc) is 2.36. The molecule has 0 saturated heterocycles. The lowest BCUT2D eigenvalue weighted by Crippen LogP contribution is -2.12. The van der Waals surface area contributed by atoms with Crippen LogP contribution in [0.25, 0.3) is 0 Å². The van der Waals surface area contributed by atoms with Crippen molar-refractivity contribution in [1.29, 1.82) is 0 Å². The van der Waals surface area contributed by atoms with Crippen LogP contribution in [0.15, 0.2) is 45.8 Å². The molecule has 5 nitrogen and oxygen atoms in total. The van der Waals surface area contributed by atoms with Crippen molar-refractivity contribution in [1.82, 2.24) is 0 Å². The van der Waals surface area contributed by atoms with Crippen molar-refractivity contribution in [2.24, 2.45) is 5.14 Å². The maximum absolute atomic E-state index is 11.4. The number of nitrogens with one attached hydrogen (secondary N) is 1. The molecule has 0 aliphatic carbocycles. The monoisotopic (exact) mass is 355 g/mol. The molecular weight excluding hydrogens is 342 g/mol. The number of benzene rings is 2. The number of nitrogen functional groups attached to an aromatic ring is 1. The van der Waals surface area contributed by atoms with Gasteiger partial charge in [-0.15, -0.1) is 0 Å². The first-order valence-corrected chi connectivity index (χ1v) is 8.07. The Bertz CT molecular complexity index is 760. The van der Waals surface area contributed by atoms with E-state index in [0.29, 0.717) is 11.4 Å². The summed E-state index contributed by atoms with van der Waals surface area (Å²) in [7, 11) is -3.76. The molecule has 5 N–H and O–H groups in total. The second-order valence-electron chi connectivity index (χ2n) is 4.36. The first-order valence-electron chi connectivity index (χ1n) is 5.73. The SMILES string of the molecule is Cc1cccc(Nc2cc(S(N)(=O)=O)ccc2N)c1Br. The van der Waals surface area contributed by atoms with Crippen molar-refractivity contribution in [2.75, 3.05) is 11.1 Å². The quantitative estimate of drug-likeness (QED) is 0.737. The second kappa shape index (κ2) is 5.43. The van der Waals surface area contributed by atoms with E-state index >= 15 is 0 Å². The topological polar surface area (TPSA) is 98.2 Å². The third-order valence-electron chi connectivity index (χ3n) is 2.81. The summed E-state index contributed by atoms with van der Waals surface area (Å²) in [6.07, 6.45) is 0. The predicted molar refractivity (Wildman–Crippen MR) is 84.4 cm³/mol. The number of aryl methyl sites for hydroxylation is 1. The van der Waals surface area contributed by atoms with Gasteiger partial charge in [0.05, 0.1) is 22.0 Å². The first-order chi connectivity index (χ1) is 9.29. The number of halogens is 1. The summed E-state index contributed by atoms with van der Waals surface area (Å²) in [5.41, 5.74) is 8.63. The predicted octanol–water partition coefficient (Wildman–Crippen LogP) is 2.73. The van der Waals surface area contributed by atoms with Crippen molar-refractivity contribution < 1.29 is 8.42 Å². The fourth-order valence-corrected chi connectivity index (χ4v) is 2.61. The zero-order valence-electron chi connectivity index (χ0n) is 10.7. The average molecular weight is 356 g/mol. The lowest BCUT2D eigenvalue weighted by Gasteiger charge is -2.13. The van der Waals surface area contributed by atoms with Crippen LogP contribution in [0.3, 0.4) is 0 Å². The minimum Gasteiger partial charge on any atom is -0.397 e. The van der Waals surface area contributed by atoms with Crippen molar-refractivity contribution in [3.8, 4) is 0 Å². The van der Waals surface area contributed by atoms with Crippen LogP contribution in [0.4, 0.5) is 17.1 Å². The molecule has 20 heavy (non-hydrogen) atoms. The Kier molecular flexibility index (Phi) is 4.03. The Morgan fingerprint density at radius 2 is 1.85 bits per heavy atom. The van der Waals surface area contributed by atoms with E-state index in [0.717, 1.165) is 15.7 Å². The van der Waals surface area contributed by atoms with Gasteiger partial charge in [0.25, 0.3) is 0 Å². The van der Waals surface area contributed by atoms with Gasteiger partial charge in [0, 0.05) is 4.47 Å². The fourth-order valence-electron chi connectivity index (χ4n) is 1.71. The molecule has 0 saturated carbocycles. The van der Waals surface area contributed by atoms with E-state index in [-0.39, 0.29) is 4.90 Å². The van der Waals surface area contributed by atoms with Crippen molar-refractivity contribution >= 4 is 43.0 Å². The van der Waals surface area contributed by atoms with E-state index in [2.05, 4.69) is 21.2 Å². The number of hydrogen-bond acceptors (Lipinski definition) is 4. The van der Waals surface area contributed by atoms with Crippen LogP contribution in [0.1, 0.15) is 5.56 Å². The normalized spacial score (nSPS) is 11.3. The molecule has 0 atom stereocenters. The standard InChI is InChI=1S/C13H14BrN3O2S/c1-8-3-2-4-11(13(8)14)17-12-7-9(20(16,18)19)5-6-10(12)15/h2-7,17H,15H2,1H3,(H2,16,18,19). The van der Waals surface area contributed by atoms with Gasteiger partial charge in [-0.2, -0.15) is 0 Å². The summed E-state index contributed by atoms with van der Waals surface area (Å²) >= 11 is 3.47. The fraction of sp³-hybridized carbons (Fsp3) is 0.0769. The number of hydrogen-bond donors (Lipinski definition) is 3. The van der Waals surface area contributed by atoms with Gasteiger partial charge in [-0.05, 0) is 52.7 Å². The number of nitrogens with two attached hydrogens (primary N) is 2. The van der Waals surface area contributed by atoms with Gasteiger partial charge in [0.1, 0.15) is 0 Å². The molecule has 0 bridgehead atoms.